The molecule has 0 aromatic heterocycles. The zero-order chi connectivity index (χ0) is 14.5. The van der Waals surface area contributed by atoms with E-state index in [9.17, 15) is 17.6 Å². The van der Waals surface area contributed by atoms with Crippen LogP contribution in [0.3, 0.4) is 0 Å². The maximum absolute atomic E-state index is 13.0. The number of halogens is 4. The van der Waals surface area contributed by atoms with Gasteiger partial charge in [0.2, 0.25) is 0 Å². The van der Waals surface area contributed by atoms with Crippen LogP contribution in [0.1, 0.15) is 24.1 Å². The molecule has 0 aliphatic carbocycles. The van der Waals surface area contributed by atoms with Crippen LogP contribution < -0.4 is 5.32 Å². The average molecular weight is 279 g/mol. The Morgan fingerprint density at radius 3 is 2.53 bits per heavy atom. The Labute approximate surface area is 109 Å². The summed E-state index contributed by atoms with van der Waals surface area (Å²) < 4.78 is 53.8. The molecule has 108 valence electrons. The van der Waals surface area contributed by atoms with E-state index >= 15 is 0 Å². The molecular weight excluding hydrogens is 262 g/mol. The van der Waals surface area contributed by atoms with Gasteiger partial charge in [-0.2, -0.15) is 13.2 Å². The smallest absolute Gasteiger partial charge is 0.370 e. The van der Waals surface area contributed by atoms with E-state index in [0.29, 0.717) is 12.1 Å². The minimum atomic E-state index is -4.34. The second-order valence-corrected chi connectivity index (χ2v) is 4.24. The fourth-order valence-corrected chi connectivity index (χ4v) is 1.83. The lowest BCUT2D eigenvalue weighted by atomic mass is 10.0. The first kappa shape index (κ1) is 15.9. The molecule has 2 nitrogen and oxygen atoms in total. The van der Waals surface area contributed by atoms with E-state index in [1.165, 1.54) is 12.1 Å². The topological polar surface area (TPSA) is 21.3 Å². The molecule has 0 spiro atoms. The highest BCUT2D eigenvalue weighted by molar-refractivity contribution is 5.29. The average Bonchev–Trinajstić information content (AvgIpc) is 2.26. The maximum Gasteiger partial charge on any atom is 0.411 e. The van der Waals surface area contributed by atoms with Gasteiger partial charge in [-0.05, 0) is 36.7 Å². The number of likely N-dealkylation sites (N-methyl/N-ethyl adjacent to an activating group) is 1. The highest BCUT2D eigenvalue weighted by Gasteiger charge is 2.28. The van der Waals surface area contributed by atoms with Crippen molar-refractivity contribution in [1.29, 1.82) is 0 Å². The van der Waals surface area contributed by atoms with Crippen LogP contribution in [-0.4, -0.2) is 25.9 Å². The molecule has 1 atom stereocenters. The molecule has 0 radical (unpaired) electrons. The highest BCUT2D eigenvalue weighted by atomic mass is 19.4. The Hall–Kier alpha value is -1.14. The molecule has 0 saturated heterocycles. The van der Waals surface area contributed by atoms with Gasteiger partial charge in [-0.3, -0.25) is 0 Å². The van der Waals surface area contributed by atoms with Crippen molar-refractivity contribution < 1.29 is 22.3 Å². The van der Waals surface area contributed by atoms with Crippen molar-refractivity contribution in [3.05, 3.63) is 35.1 Å². The Bertz CT molecular complexity index is 406. The minimum Gasteiger partial charge on any atom is -0.370 e. The first-order valence-corrected chi connectivity index (χ1v) is 5.97. The quantitative estimate of drug-likeness (QED) is 0.806. The number of ether oxygens (including phenoxy) is 1. The fraction of sp³-hybridized carbons (Fsp3) is 0.538. The summed E-state index contributed by atoms with van der Waals surface area (Å²) in [6.07, 6.45) is -4.34. The van der Waals surface area contributed by atoms with Gasteiger partial charge in [0.25, 0.3) is 0 Å². The largest absolute Gasteiger partial charge is 0.411 e. The molecule has 0 heterocycles. The van der Waals surface area contributed by atoms with Gasteiger partial charge >= 0.3 is 6.18 Å². The summed E-state index contributed by atoms with van der Waals surface area (Å²) in [7, 11) is 0. The van der Waals surface area contributed by atoms with Crippen LogP contribution in [0.5, 0.6) is 0 Å². The molecule has 0 fully saturated rings. The van der Waals surface area contributed by atoms with E-state index < -0.39 is 12.8 Å². The van der Waals surface area contributed by atoms with Crippen LogP contribution in [0.15, 0.2) is 18.2 Å². The van der Waals surface area contributed by atoms with E-state index in [2.05, 4.69) is 10.1 Å². The van der Waals surface area contributed by atoms with Crippen LogP contribution in [0.4, 0.5) is 17.6 Å². The lowest BCUT2D eigenvalue weighted by Crippen LogP contribution is -2.28. The second-order valence-electron chi connectivity index (χ2n) is 4.24. The number of nitrogens with one attached hydrogen (secondary N) is 1. The molecule has 1 aromatic rings. The first-order chi connectivity index (χ1) is 8.83. The Balaban J connectivity index is 2.71. The molecule has 1 N–H and O–H groups in total. The van der Waals surface area contributed by atoms with Crippen LogP contribution in [0.25, 0.3) is 0 Å². The lowest BCUT2D eigenvalue weighted by molar-refractivity contribution is -0.175. The standard InChI is InChI=1S/C13H17F4NO/c1-3-18-12(7-19-8-13(15,16)17)11-5-4-10(14)6-9(11)2/h4-6,12,18H,3,7-8H2,1-2H3. The summed E-state index contributed by atoms with van der Waals surface area (Å²) in [6.45, 7) is 2.74. The molecule has 1 aromatic carbocycles. The summed E-state index contributed by atoms with van der Waals surface area (Å²) in [6, 6.07) is 3.82. The SMILES string of the molecule is CCNC(COCC(F)(F)F)c1ccc(F)cc1C. The molecular formula is C13H17F4NO. The van der Waals surface area contributed by atoms with Crippen LogP contribution >= 0.6 is 0 Å². The minimum absolute atomic E-state index is 0.111. The van der Waals surface area contributed by atoms with Crippen molar-refractivity contribution in [1.82, 2.24) is 5.32 Å². The molecule has 1 unspecified atom stereocenters. The van der Waals surface area contributed by atoms with Gasteiger partial charge in [-0.25, -0.2) is 4.39 Å². The summed E-state index contributed by atoms with van der Waals surface area (Å²) in [5.41, 5.74) is 1.42. The van der Waals surface area contributed by atoms with E-state index in [-0.39, 0.29) is 18.5 Å². The summed E-state index contributed by atoms with van der Waals surface area (Å²) in [5, 5.41) is 3.03. The van der Waals surface area contributed by atoms with Crippen molar-refractivity contribution in [2.45, 2.75) is 26.1 Å². The molecule has 0 amide bonds. The predicted molar refractivity (Wildman–Crippen MR) is 64.4 cm³/mol. The number of aryl methyl sites for hydroxylation is 1. The molecule has 0 aliphatic heterocycles. The Morgan fingerprint density at radius 2 is 2.00 bits per heavy atom. The third-order valence-electron chi connectivity index (χ3n) is 2.61. The van der Waals surface area contributed by atoms with Gasteiger partial charge in [0.05, 0.1) is 12.6 Å². The third kappa shape index (κ3) is 5.57. The van der Waals surface area contributed by atoms with E-state index in [1.807, 2.05) is 6.92 Å². The zero-order valence-corrected chi connectivity index (χ0v) is 10.9. The van der Waals surface area contributed by atoms with Gasteiger partial charge in [-0.1, -0.05) is 13.0 Å². The second kappa shape index (κ2) is 6.86. The fourth-order valence-electron chi connectivity index (χ4n) is 1.83. The summed E-state index contributed by atoms with van der Waals surface area (Å²) >= 11 is 0. The number of alkyl halides is 3. The van der Waals surface area contributed by atoms with E-state index in [0.717, 1.165) is 5.56 Å². The number of hydrogen-bond acceptors (Lipinski definition) is 2. The predicted octanol–water partition coefficient (Wildman–Crippen LogP) is 3.36. The van der Waals surface area contributed by atoms with Crippen molar-refractivity contribution in [3.63, 3.8) is 0 Å². The van der Waals surface area contributed by atoms with Crippen molar-refractivity contribution in [2.75, 3.05) is 19.8 Å². The van der Waals surface area contributed by atoms with Gasteiger partial charge in [-0.15, -0.1) is 0 Å². The number of hydrogen-bond donors (Lipinski definition) is 1. The van der Waals surface area contributed by atoms with Crippen LogP contribution in [0.2, 0.25) is 0 Å². The number of rotatable bonds is 6. The highest BCUT2D eigenvalue weighted by Crippen LogP contribution is 2.21. The van der Waals surface area contributed by atoms with Crippen molar-refractivity contribution in [3.8, 4) is 0 Å². The Morgan fingerprint density at radius 1 is 1.32 bits per heavy atom. The van der Waals surface area contributed by atoms with Gasteiger partial charge in [0.1, 0.15) is 12.4 Å². The zero-order valence-electron chi connectivity index (χ0n) is 10.9. The third-order valence-corrected chi connectivity index (χ3v) is 2.61. The van der Waals surface area contributed by atoms with Gasteiger partial charge < -0.3 is 10.1 Å². The molecule has 1 rings (SSSR count). The van der Waals surface area contributed by atoms with Gasteiger partial charge in [0, 0.05) is 0 Å². The molecule has 19 heavy (non-hydrogen) atoms. The van der Waals surface area contributed by atoms with E-state index in [4.69, 9.17) is 0 Å². The number of benzene rings is 1. The Kier molecular flexibility index (Phi) is 5.75. The molecule has 6 heteroatoms. The molecule has 0 aliphatic rings. The van der Waals surface area contributed by atoms with Crippen molar-refractivity contribution in [2.24, 2.45) is 0 Å². The van der Waals surface area contributed by atoms with E-state index in [1.54, 1.807) is 13.0 Å². The van der Waals surface area contributed by atoms with Crippen LogP contribution in [0, 0.1) is 12.7 Å². The molecule has 0 saturated carbocycles. The normalized spacial score (nSPS) is 13.6. The monoisotopic (exact) mass is 279 g/mol. The molecule has 0 bridgehead atoms. The van der Waals surface area contributed by atoms with Crippen LogP contribution in [-0.2, 0) is 4.74 Å². The summed E-state index contributed by atoms with van der Waals surface area (Å²) in [5.74, 6) is -0.368. The lowest BCUT2D eigenvalue weighted by Gasteiger charge is -2.21. The van der Waals surface area contributed by atoms with Gasteiger partial charge in [0.15, 0.2) is 0 Å². The maximum atomic E-state index is 13.0. The first-order valence-electron chi connectivity index (χ1n) is 5.97. The summed E-state index contributed by atoms with van der Waals surface area (Å²) in [4.78, 5) is 0. The van der Waals surface area contributed by atoms with Crippen molar-refractivity contribution >= 4 is 0 Å².